The minimum Gasteiger partial charge on any atom is -0.496 e. The standard InChI is InChI=1S/C28H25F2NO3/c1-15-6-8-20(16(2)10-15)23-14-34-28-18(4)27(33-5)21(13-22(23)28)17(3)11-26(32)31-25-12-19(29)7-9-24(25)30/h6-14H,1-5H3,(H,31,32)/b17-11+. The maximum absolute atomic E-state index is 13.9. The SMILES string of the molecule is COc1c(/C(C)=C/C(=O)Nc2cc(F)ccc2F)cc2c(-c3ccc(C)cc3C)coc2c1C. The maximum Gasteiger partial charge on any atom is 0.248 e. The Balaban J connectivity index is 1.79. The number of hydrogen-bond acceptors (Lipinski definition) is 3. The van der Waals surface area contributed by atoms with Crippen LogP contribution < -0.4 is 10.1 Å². The van der Waals surface area contributed by atoms with Crippen molar-refractivity contribution in [3.8, 4) is 16.9 Å². The molecule has 0 atom stereocenters. The van der Waals surface area contributed by atoms with E-state index >= 15 is 0 Å². The molecule has 3 aromatic carbocycles. The number of allylic oxidation sites excluding steroid dienone is 1. The largest absolute Gasteiger partial charge is 0.496 e. The molecule has 1 heterocycles. The van der Waals surface area contributed by atoms with E-state index in [0.717, 1.165) is 45.8 Å². The highest BCUT2D eigenvalue weighted by atomic mass is 19.1. The number of furan rings is 1. The Morgan fingerprint density at radius 3 is 2.50 bits per heavy atom. The minimum atomic E-state index is -0.716. The van der Waals surface area contributed by atoms with Gasteiger partial charge in [0.2, 0.25) is 5.91 Å². The van der Waals surface area contributed by atoms with Gasteiger partial charge in [0.05, 0.1) is 19.1 Å². The Hall–Kier alpha value is -3.93. The lowest BCUT2D eigenvalue weighted by Gasteiger charge is -2.14. The number of rotatable bonds is 5. The number of fused-ring (bicyclic) bond motifs is 1. The van der Waals surface area contributed by atoms with E-state index in [9.17, 15) is 13.6 Å². The molecule has 0 spiro atoms. The second kappa shape index (κ2) is 9.14. The lowest BCUT2D eigenvalue weighted by molar-refractivity contribution is -0.111. The van der Waals surface area contributed by atoms with Crippen LogP contribution in [-0.4, -0.2) is 13.0 Å². The van der Waals surface area contributed by atoms with E-state index < -0.39 is 17.5 Å². The highest BCUT2D eigenvalue weighted by Crippen LogP contribution is 2.41. The molecule has 34 heavy (non-hydrogen) atoms. The predicted molar refractivity (Wildman–Crippen MR) is 131 cm³/mol. The molecule has 0 aliphatic rings. The molecule has 6 heteroatoms. The zero-order valence-corrected chi connectivity index (χ0v) is 19.7. The number of methoxy groups -OCH3 is 1. The van der Waals surface area contributed by atoms with Gasteiger partial charge in [-0.1, -0.05) is 23.8 Å². The van der Waals surface area contributed by atoms with Gasteiger partial charge in [-0.3, -0.25) is 4.79 Å². The quantitative estimate of drug-likeness (QED) is 0.316. The van der Waals surface area contributed by atoms with E-state index in [1.54, 1.807) is 20.3 Å². The van der Waals surface area contributed by atoms with Crippen LogP contribution in [0.3, 0.4) is 0 Å². The second-order valence-electron chi connectivity index (χ2n) is 8.37. The van der Waals surface area contributed by atoms with Crippen molar-refractivity contribution in [1.29, 1.82) is 0 Å². The molecule has 174 valence electrons. The Morgan fingerprint density at radius 2 is 1.79 bits per heavy atom. The molecular weight excluding hydrogens is 436 g/mol. The number of benzene rings is 3. The average Bonchev–Trinajstić information content (AvgIpc) is 3.20. The van der Waals surface area contributed by atoms with Crippen molar-refractivity contribution in [2.24, 2.45) is 0 Å². The molecule has 0 saturated heterocycles. The summed E-state index contributed by atoms with van der Waals surface area (Å²) >= 11 is 0. The smallest absolute Gasteiger partial charge is 0.248 e. The fourth-order valence-corrected chi connectivity index (χ4v) is 4.23. The Kier molecular flexibility index (Phi) is 6.24. The molecule has 0 aliphatic carbocycles. The van der Waals surface area contributed by atoms with E-state index in [0.29, 0.717) is 22.5 Å². The van der Waals surface area contributed by atoms with Crippen molar-refractivity contribution < 1.29 is 22.7 Å². The van der Waals surface area contributed by atoms with Gasteiger partial charge >= 0.3 is 0 Å². The third-order valence-electron chi connectivity index (χ3n) is 5.88. The summed E-state index contributed by atoms with van der Waals surface area (Å²) in [6.45, 7) is 7.77. The van der Waals surface area contributed by atoms with Crippen molar-refractivity contribution in [3.63, 3.8) is 0 Å². The number of carbonyl (C=O) groups excluding carboxylic acids is 1. The van der Waals surface area contributed by atoms with E-state index in [2.05, 4.69) is 30.4 Å². The fraction of sp³-hybridized carbons (Fsp3) is 0.179. The van der Waals surface area contributed by atoms with Crippen LogP contribution in [0.2, 0.25) is 0 Å². The maximum atomic E-state index is 13.9. The number of hydrogen-bond donors (Lipinski definition) is 1. The second-order valence-corrected chi connectivity index (χ2v) is 8.37. The first-order valence-corrected chi connectivity index (χ1v) is 10.8. The number of amides is 1. The van der Waals surface area contributed by atoms with Crippen LogP contribution in [0.5, 0.6) is 5.75 Å². The fourth-order valence-electron chi connectivity index (χ4n) is 4.23. The summed E-state index contributed by atoms with van der Waals surface area (Å²) in [5.74, 6) is -1.36. The molecule has 4 nitrogen and oxygen atoms in total. The zero-order chi connectivity index (χ0) is 24.6. The van der Waals surface area contributed by atoms with Gasteiger partial charge in [-0.05, 0) is 62.6 Å². The van der Waals surface area contributed by atoms with Gasteiger partial charge in [0, 0.05) is 34.2 Å². The number of carbonyl (C=O) groups is 1. The predicted octanol–water partition coefficient (Wildman–Crippen LogP) is 7.35. The third-order valence-corrected chi connectivity index (χ3v) is 5.88. The van der Waals surface area contributed by atoms with Crippen LogP contribution in [0.4, 0.5) is 14.5 Å². The number of anilines is 1. The molecule has 0 saturated carbocycles. The monoisotopic (exact) mass is 461 g/mol. The highest BCUT2D eigenvalue weighted by Gasteiger charge is 2.19. The van der Waals surface area contributed by atoms with Gasteiger partial charge in [0.25, 0.3) is 0 Å². The van der Waals surface area contributed by atoms with Crippen LogP contribution in [0.1, 0.15) is 29.2 Å². The topological polar surface area (TPSA) is 51.5 Å². The van der Waals surface area contributed by atoms with Gasteiger partial charge in [0.15, 0.2) is 0 Å². The van der Waals surface area contributed by atoms with Crippen molar-refractivity contribution in [2.75, 3.05) is 12.4 Å². The summed E-state index contributed by atoms with van der Waals surface area (Å²) in [7, 11) is 1.56. The molecule has 0 radical (unpaired) electrons. The first-order valence-electron chi connectivity index (χ1n) is 10.8. The van der Waals surface area contributed by atoms with Gasteiger partial charge in [0.1, 0.15) is 23.0 Å². The summed E-state index contributed by atoms with van der Waals surface area (Å²) < 4.78 is 39.0. The molecule has 1 N–H and O–H groups in total. The Bertz CT molecular complexity index is 1450. The summed E-state index contributed by atoms with van der Waals surface area (Å²) in [5, 5.41) is 3.29. The summed E-state index contributed by atoms with van der Waals surface area (Å²) in [4.78, 5) is 12.6. The molecule has 4 aromatic rings. The van der Waals surface area contributed by atoms with Crippen LogP contribution in [-0.2, 0) is 4.79 Å². The van der Waals surface area contributed by atoms with Crippen LogP contribution in [0.25, 0.3) is 27.7 Å². The van der Waals surface area contributed by atoms with Gasteiger partial charge in [-0.2, -0.15) is 0 Å². The summed E-state index contributed by atoms with van der Waals surface area (Å²) in [6.07, 6.45) is 3.07. The number of aryl methyl sites for hydroxylation is 3. The summed E-state index contributed by atoms with van der Waals surface area (Å²) in [5.41, 5.74) is 6.89. The molecule has 0 fully saturated rings. The van der Waals surface area contributed by atoms with Crippen LogP contribution in [0.15, 0.2) is 59.2 Å². The van der Waals surface area contributed by atoms with Gasteiger partial charge in [-0.15, -0.1) is 0 Å². The molecular formula is C28H25F2NO3. The van der Waals surface area contributed by atoms with Crippen molar-refractivity contribution in [2.45, 2.75) is 27.7 Å². The van der Waals surface area contributed by atoms with Crippen LogP contribution in [0, 0.1) is 32.4 Å². The minimum absolute atomic E-state index is 0.223. The molecule has 0 aliphatic heterocycles. The Morgan fingerprint density at radius 1 is 1.03 bits per heavy atom. The molecule has 1 amide bonds. The summed E-state index contributed by atoms with van der Waals surface area (Å²) in [6, 6.07) is 11.1. The first-order chi connectivity index (χ1) is 16.2. The molecule has 4 rings (SSSR count). The van der Waals surface area contributed by atoms with Gasteiger partial charge < -0.3 is 14.5 Å². The van der Waals surface area contributed by atoms with Crippen LogP contribution >= 0.6 is 0 Å². The molecule has 1 aromatic heterocycles. The van der Waals surface area contributed by atoms with Crippen molar-refractivity contribution in [1.82, 2.24) is 0 Å². The molecule has 0 bridgehead atoms. The van der Waals surface area contributed by atoms with E-state index in [4.69, 9.17) is 9.15 Å². The number of nitrogens with one attached hydrogen (secondary N) is 1. The lowest BCUT2D eigenvalue weighted by Crippen LogP contribution is -2.10. The van der Waals surface area contributed by atoms with Crippen molar-refractivity contribution in [3.05, 3.63) is 88.7 Å². The lowest BCUT2D eigenvalue weighted by atomic mass is 9.94. The normalized spacial score (nSPS) is 11.7. The third kappa shape index (κ3) is 4.31. The van der Waals surface area contributed by atoms with E-state index in [-0.39, 0.29) is 5.69 Å². The van der Waals surface area contributed by atoms with Gasteiger partial charge in [-0.25, -0.2) is 8.78 Å². The molecule has 0 unspecified atom stereocenters. The number of halogens is 2. The average molecular weight is 462 g/mol. The Labute approximate surface area is 196 Å². The van der Waals surface area contributed by atoms with E-state index in [1.165, 1.54) is 11.6 Å². The highest BCUT2D eigenvalue weighted by molar-refractivity contribution is 6.06. The number of ether oxygens (including phenoxy) is 1. The first kappa shape index (κ1) is 23.2. The zero-order valence-electron chi connectivity index (χ0n) is 19.7. The van der Waals surface area contributed by atoms with E-state index in [1.807, 2.05) is 19.9 Å². The van der Waals surface area contributed by atoms with Crippen molar-refractivity contribution >= 4 is 28.1 Å².